The van der Waals surface area contributed by atoms with Crippen molar-refractivity contribution in [3.63, 3.8) is 0 Å². The fourth-order valence-electron chi connectivity index (χ4n) is 2.05. The van der Waals surface area contributed by atoms with Gasteiger partial charge in [-0.25, -0.2) is 4.79 Å². The summed E-state index contributed by atoms with van der Waals surface area (Å²) < 4.78 is 5.13. The molecule has 0 aromatic rings. The molecule has 0 aromatic carbocycles. The fourth-order valence-corrected chi connectivity index (χ4v) is 2.05. The second-order valence-corrected chi connectivity index (χ2v) is 4.54. The van der Waals surface area contributed by atoms with Gasteiger partial charge in [-0.3, -0.25) is 4.79 Å². The topological polar surface area (TPSA) is 66.8 Å². The van der Waals surface area contributed by atoms with Crippen LogP contribution >= 0.6 is 0 Å². The fraction of sp³-hybridized carbons (Fsp3) is 0.818. The average Bonchev–Trinajstić information content (AvgIpc) is 2.67. The van der Waals surface area contributed by atoms with Gasteiger partial charge in [-0.2, -0.15) is 0 Å². The lowest BCUT2D eigenvalue weighted by Crippen LogP contribution is -2.48. The van der Waals surface area contributed by atoms with E-state index in [9.17, 15) is 9.59 Å². The molecule has 0 bridgehead atoms. The van der Waals surface area contributed by atoms with Crippen molar-refractivity contribution in [3.05, 3.63) is 0 Å². The standard InChI is InChI=1S/C11H19NO4/c1-7(2)9(11(14)15)12(3)10(13)8-4-5-16-6-8/h7-9H,4-6H2,1-3H3,(H,14,15). The van der Waals surface area contributed by atoms with Crippen molar-refractivity contribution in [1.29, 1.82) is 0 Å². The number of amides is 1. The molecule has 1 fully saturated rings. The average molecular weight is 229 g/mol. The first kappa shape index (κ1) is 13.0. The van der Waals surface area contributed by atoms with Gasteiger partial charge in [0.2, 0.25) is 5.91 Å². The van der Waals surface area contributed by atoms with Gasteiger partial charge >= 0.3 is 5.97 Å². The van der Waals surface area contributed by atoms with Crippen molar-refractivity contribution in [3.8, 4) is 0 Å². The van der Waals surface area contributed by atoms with Crippen molar-refractivity contribution in [1.82, 2.24) is 4.90 Å². The molecule has 1 aliphatic heterocycles. The van der Waals surface area contributed by atoms with E-state index in [1.807, 2.05) is 0 Å². The highest BCUT2D eigenvalue weighted by molar-refractivity contribution is 5.85. The highest BCUT2D eigenvalue weighted by Crippen LogP contribution is 2.18. The Bertz CT molecular complexity index is 271. The van der Waals surface area contributed by atoms with E-state index in [1.165, 1.54) is 4.90 Å². The van der Waals surface area contributed by atoms with E-state index in [0.717, 1.165) is 0 Å². The van der Waals surface area contributed by atoms with Gasteiger partial charge in [0.25, 0.3) is 0 Å². The minimum Gasteiger partial charge on any atom is -0.480 e. The van der Waals surface area contributed by atoms with Crippen LogP contribution in [0.15, 0.2) is 0 Å². The lowest BCUT2D eigenvalue weighted by molar-refractivity contribution is -0.152. The van der Waals surface area contributed by atoms with Gasteiger partial charge in [0.05, 0.1) is 12.5 Å². The van der Waals surface area contributed by atoms with Crippen LogP contribution in [0.25, 0.3) is 0 Å². The first-order valence-electron chi connectivity index (χ1n) is 5.52. The molecular formula is C11H19NO4. The zero-order valence-electron chi connectivity index (χ0n) is 9.97. The number of hydrogen-bond acceptors (Lipinski definition) is 3. The van der Waals surface area contributed by atoms with E-state index in [0.29, 0.717) is 19.6 Å². The number of carboxylic acids is 1. The summed E-state index contributed by atoms with van der Waals surface area (Å²) in [6.07, 6.45) is 0.688. The summed E-state index contributed by atoms with van der Waals surface area (Å²) in [6, 6.07) is -0.756. The van der Waals surface area contributed by atoms with Crippen LogP contribution in [-0.4, -0.2) is 48.2 Å². The molecule has 16 heavy (non-hydrogen) atoms. The molecule has 0 aliphatic carbocycles. The molecule has 0 spiro atoms. The molecule has 5 nitrogen and oxygen atoms in total. The Morgan fingerprint density at radius 3 is 2.44 bits per heavy atom. The number of rotatable bonds is 4. The minimum absolute atomic E-state index is 0.103. The van der Waals surface area contributed by atoms with Gasteiger partial charge in [-0.05, 0) is 12.3 Å². The zero-order chi connectivity index (χ0) is 12.3. The van der Waals surface area contributed by atoms with Crippen LogP contribution < -0.4 is 0 Å². The summed E-state index contributed by atoms with van der Waals surface area (Å²) in [4.78, 5) is 24.4. The summed E-state index contributed by atoms with van der Waals surface area (Å²) in [5.41, 5.74) is 0. The monoisotopic (exact) mass is 229 g/mol. The molecule has 1 amide bonds. The lowest BCUT2D eigenvalue weighted by Gasteiger charge is -2.29. The molecule has 0 radical (unpaired) electrons. The highest BCUT2D eigenvalue weighted by Gasteiger charge is 2.34. The maximum Gasteiger partial charge on any atom is 0.326 e. The smallest absolute Gasteiger partial charge is 0.326 e. The summed E-state index contributed by atoms with van der Waals surface area (Å²) in [6.45, 7) is 4.60. The van der Waals surface area contributed by atoms with E-state index < -0.39 is 12.0 Å². The summed E-state index contributed by atoms with van der Waals surface area (Å²) in [5.74, 6) is -1.36. The van der Waals surface area contributed by atoms with Gasteiger partial charge in [0.1, 0.15) is 6.04 Å². The van der Waals surface area contributed by atoms with E-state index in [2.05, 4.69) is 0 Å². The molecule has 92 valence electrons. The number of carboxylic acid groups (broad SMARTS) is 1. The molecule has 2 unspecified atom stereocenters. The van der Waals surface area contributed by atoms with Gasteiger partial charge in [0.15, 0.2) is 0 Å². The Balaban J connectivity index is 2.69. The first-order valence-corrected chi connectivity index (χ1v) is 5.52. The quantitative estimate of drug-likeness (QED) is 0.766. The van der Waals surface area contributed by atoms with Crippen molar-refractivity contribution in [2.75, 3.05) is 20.3 Å². The Kier molecular flexibility index (Phi) is 4.29. The third kappa shape index (κ3) is 2.72. The molecule has 1 heterocycles. The third-order valence-electron chi connectivity index (χ3n) is 2.93. The highest BCUT2D eigenvalue weighted by atomic mass is 16.5. The molecule has 0 saturated carbocycles. The van der Waals surface area contributed by atoms with Crippen LogP contribution in [0.5, 0.6) is 0 Å². The second-order valence-electron chi connectivity index (χ2n) is 4.54. The number of likely N-dealkylation sites (N-methyl/N-ethyl adjacent to an activating group) is 1. The molecule has 1 rings (SSSR count). The number of ether oxygens (including phenoxy) is 1. The first-order chi connectivity index (χ1) is 7.45. The summed E-state index contributed by atoms with van der Waals surface area (Å²) >= 11 is 0. The van der Waals surface area contributed by atoms with Crippen LogP contribution in [0.1, 0.15) is 20.3 Å². The maximum atomic E-state index is 12.0. The Morgan fingerprint density at radius 1 is 1.44 bits per heavy atom. The van der Waals surface area contributed by atoms with Gasteiger partial charge in [-0.15, -0.1) is 0 Å². The van der Waals surface area contributed by atoms with Gasteiger partial charge in [-0.1, -0.05) is 13.8 Å². The van der Waals surface area contributed by atoms with Crippen LogP contribution in [0, 0.1) is 11.8 Å². The SMILES string of the molecule is CC(C)C(C(=O)O)N(C)C(=O)C1CCOC1. The Morgan fingerprint density at radius 2 is 2.06 bits per heavy atom. The van der Waals surface area contributed by atoms with Crippen molar-refractivity contribution in [2.24, 2.45) is 11.8 Å². The van der Waals surface area contributed by atoms with Crippen molar-refractivity contribution in [2.45, 2.75) is 26.3 Å². The van der Waals surface area contributed by atoms with Crippen LogP contribution in [0.3, 0.4) is 0 Å². The third-order valence-corrected chi connectivity index (χ3v) is 2.93. The van der Waals surface area contributed by atoms with Crippen molar-refractivity contribution < 1.29 is 19.4 Å². The van der Waals surface area contributed by atoms with Gasteiger partial charge < -0.3 is 14.7 Å². The summed E-state index contributed by atoms with van der Waals surface area (Å²) in [7, 11) is 1.56. The summed E-state index contributed by atoms with van der Waals surface area (Å²) in [5, 5.41) is 9.08. The van der Waals surface area contributed by atoms with E-state index in [1.54, 1.807) is 20.9 Å². The Labute approximate surface area is 95.4 Å². The lowest BCUT2D eigenvalue weighted by atomic mass is 10.0. The van der Waals surface area contributed by atoms with E-state index in [-0.39, 0.29) is 17.7 Å². The van der Waals surface area contributed by atoms with Crippen molar-refractivity contribution >= 4 is 11.9 Å². The molecule has 0 aromatic heterocycles. The largest absolute Gasteiger partial charge is 0.480 e. The second kappa shape index (κ2) is 5.30. The van der Waals surface area contributed by atoms with E-state index >= 15 is 0 Å². The number of aliphatic carboxylic acids is 1. The molecule has 2 atom stereocenters. The number of carbonyl (C=O) groups excluding carboxylic acids is 1. The zero-order valence-corrected chi connectivity index (χ0v) is 9.97. The number of carbonyl (C=O) groups is 2. The molecule has 5 heteroatoms. The normalized spacial score (nSPS) is 22.1. The van der Waals surface area contributed by atoms with E-state index in [4.69, 9.17) is 9.84 Å². The predicted molar refractivity (Wildman–Crippen MR) is 58.0 cm³/mol. The van der Waals surface area contributed by atoms with Crippen LogP contribution in [-0.2, 0) is 14.3 Å². The van der Waals surface area contributed by atoms with Crippen LogP contribution in [0.4, 0.5) is 0 Å². The molecule has 1 aliphatic rings. The molecular weight excluding hydrogens is 210 g/mol. The predicted octanol–water partition coefficient (Wildman–Crippen LogP) is 0.591. The maximum absolute atomic E-state index is 12.0. The number of hydrogen-bond donors (Lipinski definition) is 1. The molecule has 1 saturated heterocycles. The number of nitrogens with zero attached hydrogens (tertiary/aromatic N) is 1. The minimum atomic E-state index is -0.954. The molecule has 1 N–H and O–H groups in total. The van der Waals surface area contributed by atoms with Crippen LogP contribution in [0.2, 0.25) is 0 Å². The van der Waals surface area contributed by atoms with Gasteiger partial charge in [0, 0.05) is 13.7 Å². The Hall–Kier alpha value is -1.10.